The number of nitrogens with one attached hydrogen (secondary N) is 1. The van der Waals surface area contributed by atoms with Gasteiger partial charge in [-0.1, -0.05) is 13.8 Å². The van der Waals surface area contributed by atoms with E-state index < -0.39 is 10.0 Å². The fourth-order valence-corrected chi connectivity index (χ4v) is 2.57. The normalized spacial score (nSPS) is 11.7. The number of rotatable bonds is 4. The minimum atomic E-state index is -3.35. The van der Waals surface area contributed by atoms with Crippen LogP contribution >= 0.6 is 11.6 Å². The SMILES string of the molecule is CC(C)CS(=O)(=O)Nc1ccnc(Cl)n1. The molecule has 0 bridgehead atoms. The van der Waals surface area contributed by atoms with Crippen molar-refractivity contribution in [2.45, 2.75) is 13.8 Å². The van der Waals surface area contributed by atoms with E-state index in [-0.39, 0.29) is 22.8 Å². The number of hydrogen-bond acceptors (Lipinski definition) is 4. The van der Waals surface area contributed by atoms with Crippen molar-refractivity contribution in [3.63, 3.8) is 0 Å². The topological polar surface area (TPSA) is 72.0 Å². The molecule has 1 N–H and O–H groups in total. The largest absolute Gasteiger partial charge is 0.267 e. The lowest BCUT2D eigenvalue weighted by Gasteiger charge is -2.08. The van der Waals surface area contributed by atoms with Gasteiger partial charge in [0.25, 0.3) is 0 Å². The number of anilines is 1. The maximum Gasteiger partial charge on any atom is 0.234 e. The van der Waals surface area contributed by atoms with Gasteiger partial charge in [-0.25, -0.2) is 13.4 Å². The molecule has 0 aliphatic rings. The van der Waals surface area contributed by atoms with Crippen molar-refractivity contribution in [2.75, 3.05) is 10.5 Å². The number of hydrogen-bond donors (Lipinski definition) is 1. The average Bonchev–Trinajstić information content (AvgIpc) is 1.99. The van der Waals surface area contributed by atoms with Crippen LogP contribution in [0.3, 0.4) is 0 Å². The molecule has 7 heteroatoms. The van der Waals surface area contributed by atoms with E-state index in [1.165, 1.54) is 12.3 Å². The highest BCUT2D eigenvalue weighted by Gasteiger charge is 2.13. The van der Waals surface area contributed by atoms with Gasteiger partial charge in [-0.05, 0) is 23.6 Å². The van der Waals surface area contributed by atoms with Crippen LogP contribution in [-0.4, -0.2) is 24.1 Å². The lowest BCUT2D eigenvalue weighted by molar-refractivity contribution is 0.587. The van der Waals surface area contributed by atoms with Crippen LogP contribution in [0.4, 0.5) is 5.82 Å². The van der Waals surface area contributed by atoms with E-state index in [9.17, 15) is 8.42 Å². The summed E-state index contributed by atoms with van der Waals surface area (Å²) >= 11 is 5.52. The lowest BCUT2D eigenvalue weighted by Crippen LogP contribution is -2.20. The molecule has 1 heterocycles. The molecular weight excluding hydrogens is 238 g/mol. The number of sulfonamides is 1. The van der Waals surface area contributed by atoms with Gasteiger partial charge in [0.15, 0.2) is 0 Å². The molecule has 0 spiro atoms. The average molecular weight is 250 g/mol. The van der Waals surface area contributed by atoms with Gasteiger partial charge < -0.3 is 0 Å². The van der Waals surface area contributed by atoms with Gasteiger partial charge in [-0.3, -0.25) is 4.72 Å². The van der Waals surface area contributed by atoms with Crippen molar-refractivity contribution < 1.29 is 8.42 Å². The van der Waals surface area contributed by atoms with Crippen LogP contribution < -0.4 is 4.72 Å². The van der Waals surface area contributed by atoms with Crippen LogP contribution in [0.5, 0.6) is 0 Å². The lowest BCUT2D eigenvalue weighted by atomic mass is 10.3. The maximum absolute atomic E-state index is 11.5. The zero-order valence-corrected chi connectivity index (χ0v) is 10.0. The van der Waals surface area contributed by atoms with Gasteiger partial charge in [0.2, 0.25) is 15.3 Å². The summed E-state index contributed by atoms with van der Waals surface area (Å²) in [7, 11) is -3.35. The molecule has 15 heavy (non-hydrogen) atoms. The summed E-state index contributed by atoms with van der Waals surface area (Å²) in [6.07, 6.45) is 1.39. The second-order valence-corrected chi connectivity index (χ2v) is 5.59. The van der Waals surface area contributed by atoms with Crippen molar-refractivity contribution in [1.82, 2.24) is 9.97 Å². The molecule has 84 valence electrons. The Bertz CT molecular complexity index is 433. The molecule has 5 nitrogen and oxygen atoms in total. The monoisotopic (exact) mass is 249 g/mol. The van der Waals surface area contributed by atoms with Crippen molar-refractivity contribution in [1.29, 1.82) is 0 Å². The van der Waals surface area contributed by atoms with Crippen molar-refractivity contribution in [3.05, 3.63) is 17.5 Å². The Hall–Kier alpha value is -0.880. The summed E-state index contributed by atoms with van der Waals surface area (Å²) in [5, 5.41) is 0.0137. The van der Waals surface area contributed by atoms with Crippen LogP contribution in [0.25, 0.3) is 0 Å². The van der Waals surface area contributed by atoms with Crippen LogP contribution in [0.1, 0.15) is 13.8 Å². The highest BCUT2D eigenvalue weighted by atomic mass is 35.5. The molecule has 0 saturated carbocycles. The molecule has 0 aromatic carbocycles. The summed E-state index contributed by atoms with van der Waals surface area (Å²) < 4.78 is 25.3. The predicted molar refractivity (Wildman–Crippen MR) is 59.3 cm³/mol. The van der Waals surface area contributed by atoms with E-state index in [0.717, 1.165) is 0 Å². The van der Waals surface area contributed by atoms with Gasteiger partial charge in [-0.2, -0.15) is 4.98 Å². The van der Waals surface area contributed by atoms with E-state index >= 15 is 0 Å². The molecule has 0 aliphatic carbocycles. The third kappa shape index (κ3) is 4.44. The Morgan fingerprint density at radius 2 is 2.20 bits per heavy atom. The summed E-state index contributed by atoms with van der Waals surface area (Å²) in [5.74, 6) is 0.296. The number of aromatic nitrogens is 2. The Morgan fingerprint density at radius 3 is 2.73 bits per heavy atom. The molecule has 0 atom stereocenters. The Kier molecular flexibility index (Phi) is 3.87. The standard InChI is InChI=1S/C8H12ClN3O2S/c1-6(2)5-15(13,14)12-7-3-4-10-8(9)11-7/h3-4,6H,5H2,1-2H3,(H,10,11,12). The van der Waals surface area contributed by atoms with Gasteiger partial charge >= 0.3 is 0 Å². The number of nitrogens with zero attached hydrogens (tertiary/aromatic N) is 2. The summed E-state index contributed by atoms with van der Waals surface area (Å²) in [5.41, 5.74) is 0. The van der Waals surface area contributed by atoms with Crippen LogP contribution in [0.2, 0.25) is 5.28 Å². The van der Waals surface area contributed by atoms with Crippen LogP contribution in [0, 0.1) is 5.92 Å². The first kappa shape index (κ1) is 12.2. The second kappa shape index (κ2) is 4.76. The van der Waals surface area contributed by atoms with Gasteiger partial charge in [0.1, 0.15) is 5.82 Å². The van der Waals surface area contributed by atoms with E-state index in [2.05, 4.69) is 14.7 Å². The molecule has 1 rings (SSSR count). The quantitative estimate of drug-likeness (QED) is 0.822. The van der Waals surface area contributed by atoms with E-state index in [1.54, 1.807) is 0 Å². The molecule has 0 fully saturated rings. The third-order valence-corrected chi connectivity index (χ3v) is 3.25. The molecule has 0 unspecified atom stereocenters. The van der Waals surface area contributed by atoms with E-state index in [0.29, 0.717) is 0 Å². The Balaban J connectivity index is 2.78. The zero-order valence-electron chi connectivity index (χ0n) is 8.44. The fraction of sp³-hybridized carbons (Fsp3) is 0.500. The van der Waals surface area contributed by atoms with E-state index in [1.807, 2.05) is 13.8 Å². The minimum absolute atomic E-state index is 0.0137. The first-order valence-corrected chi connectivity index (χ1v) is 6.41. The number of halogens is 1. The first-order chi connectivity index (χ1) is 6.89. The smallest absolute Gasteiger partial charge is 0.234 e. The van der Waals surface area contributed by atoms with E-state index in [4.69, 9.17) is 11.6 Å². The maximum atomic E-state index is 11.5. The summed E-state index contributed by atoms with van der Waals surface area (Å²) in [6.45, 7) is 3.65. The summed E-state index contributed by atoms with van der Waals surface area (Å²) in [6, 6.07) is 1.45. The highest BCUT2D eigenvalue weighted by Crippen LogP contribution is 2.09. The van der Waals surface area contributed by atoms with Gasteiger partial charge in [-0.15, -0.1) is 0 Å². The van der Waals surface area contributed by atoms with Crippen molar-refractivity contribution in [2.24, 2.45) is 5.92 Å². The van der Waals surface area contributed by atoms with Gasteiger partial charge in [0, 0.05) is 6.20 Å². The van der Waals surface area contributed by atoms with Crippen molar-refractivity contribution in [3.8, 4) is 0 Å². The molecule has 0 radical (unpaired) electrons. The highest BCUT2D eigenvalue weighted by molar-refractivity contribution is 7.92. The molecular formula is C8H12ClN3O2S. The van der Waals surface area contributed by atoms with Crippen molar-refractivity contribution >= 4 is 27.4 Å². The van der Waals surface area contributed by atoms with Crippen LogP contribution in [0.15, 0.2) is 12.3 Å². The first-order valence-electron chi connectivity index (χ1n) is 4.38. The van der Waals surface area contributed by atoms with Gasteiger partial charge in [0.05, 0.1) is 5.75 Å². The predicted octanol–water partition coefficient (Wildman–Crippen LogP) is 1.53. The Morgan fingerprint density at radius 1 is 1.53 bits per heavy atom. The van der Waals surface area contributed by atoms with Crippen LogP contribution in [-0.2, 0) is 10.0 Å². The Labute approximate surface area is 93.9 Å². The molecule has 1 aromatic heterocycles. The molecule has 1 aromatic rings. The fourth-order valence-electron chi connectivity index (χ4n) is 1.03. The zero-order chi connectivity index (χ0) is 11.5. The molecule has 0 saturated heterocycles. The molecule has 0 aliphatic heterocycles. The summed E-state index contributed by atoms with van der Waals surface area (Å²) in [4.78, 5) is 7.38. The second-order valence-electron chi connectivity index (χ2n) is 3.49. The molecule has 0 amide bonds. The minimum Gasteiger partial charge on any atom is -0.267 e. The third-order valence-electron chi connectivity index (χ3n) is 1.44.